The summed E-state index contributed by atoms with van der Waals surface area (Å²) in [5.74, 6) is 1.23. The smallest absolute Gasteiger partial charge is 0.225 e. The number of pyridine rings is 1. The summed E-state index contributed by atoms with van der Waals surface area (Å²) < 4.78 is 0. The van der Waals surface area contributed by atoms with Crippen LogP contribution in [-0.4, -0.2) is 26.9 Å². The predicted octanol–water partition coefficient (Wildman–Crippen LogP) is 4.60. The Morgan fingerprint density at radius 2 is 1.79 bits per heavy atom. The number of aromatic nitrogens is 3. The molecule has 4 rings (SSSR count). The van der Waals surface area contributed by atoms with E-state index in [1.807, 2.05) is 42.5 Å². The fourth-order valence-electron chi connectivity index (χ4n) is 3.48. The fraction of sp³-hybridized carbons (Fsp3) is 0.273. The van der Waals surface area contributed by atoms with E-state index in [0.29, 0.717) is 17.8 Å². The second-order valence-electron chi connectivity index (χ2n) is 7.21. The number of amides is 1. The maximum absolute atomic E-state index is 11.2. The molecule has 0 atom stereocenters. The van der Waals surface area contributed by atoms with Crippen LogP contribution in [0.1, 0.15) is 32.6 Å². The summed E-state index contributed by atoms with van der Waals surface area (Å²) in [6, 6.07) is 13.7. The van der Waals surface area contributed by atoms with Crippen LogP contribution < -0.4 is 16.0 Å². The number of carbonyl (C=O) groups excluding carboxylic acids is 1. The van der Waals surface area contributed by atoms with Crippen molar-refractivity contribution in [3.05, 3.63) is 54.9 Å². The third kappa shape index (κ3) is 5.07. The van der Waals surface area contributed by atoms with Crippen LogP contribution in [0.2, 0.25) is 0 Å². The second kappa shape index (κ2) is 8.68. The van der Waals surface area contributed by atoms with Crippen molar-refractivity contribution >= 4 is 29.0 Å². The Hall–Kier alpha value is -3.48. The van der Waals surface area contributed by atoms with Crippen LogP contribution in [0.15, 0.2) is 54.9 Å². The molecule has 0 radical (unpaired) electrons. The average Bonchev–Trinajstić information content (AvgIpc) is 3.23. The monoisotopic (exact) mass is 388 g/mol. The number of anilines is 4. The molecule has 7 heteroatoms. The Labute approximate surface area is 170 Å². The quantitative estimate of drug-likeness (QED) is 0.572. The molecule has 29 heavy (non-hydrogen) atoms. The van der Waals surface area contributed by atoms with Crippen molar-refractivity contribution in [2.24, 2.45) is 0 Å². The molecule has 0 bridgehead atoms. The molecular weight excluding hydrogens is 364 g/mol. The Balaban J connectivity index is 1.59. The van der Waals surface area contributed by atoms with E-state index in [1.54, 1.807) is 12.4 Å². The molecule has 1 amide bonds. The van der Waals surface area contributed by atoms with Crippen LogP contribution in [0, 0.1) is 0 Å². The summed E-state index contributed by atoms with van der Waals surface area (Å²) in [6.45, 7) is 1.49. The number of nitrogens with zero attached hydrogens (tertiary/aromatic N) is 3. The largest absolute Gasteiger partial charge is 0.351 e. The van der Waals surface area contributed by atoms with Crippen LogP contribution in [-0.2, 0) is 4.79 Å². The molecule has 2 heterocycles. The lowest BCUT2D eigenvalue weighted by molar-refractivity contribution is -0.114. The highest BCUT2D eigenvalue weighted by Gasteiger charge is 2.17. The molecule has 0 unspecified atom stereocenters. The molecule has 0 spiro atoms. The molecule has 0 aliphatic heterocycles. The van der Waals surface area contributed by atoms with Gasteiger partial charge in [0.05, 0.1) is 5.69 Å². The van der Waals surface area contributed by atoms with Crippen LogP contribution in [0.3, 0.4) is 0 Å². The molecule has 1 aliphatic carbocycles. The highest BCUT2D eigenvalue weighted by atomic mass is 16.1. The van der Waals surface area contributed by atoms with E-state index in [0.717, 1.165) is 35.5 Å². The van der Waals surface area contributed by atoms with Crippen molar-refractivity contribution in [2.75, 3.05) is 16.0 Å². The summed E-state index contributed by atoms with van der Waals surface area (Å²) in [4.78, 5) is 24.8. The zero-order valence-corrected chi connectivity index (χ0v) is 16.4. The van der Waals surface area contributed by atoms with Gasteiger partial charge in [0.25, 0.3) is 0 Å². The van der Waals surface area contributed by atoms with E-state index >= 15 is 0 Å². The second-order valence-corrected chi connectivity index (χ2v) is 7.21. The van der Waals surface area contributed by atoms with Crippen molar-refractivity contribution in [3.8, 4) is 11.3 Å². The first-order valence-corrected chi connectivity index (χ1v) is 9.86. The van der Waals surface area contributed by atoms with Gasteiger partial charge in [0.1, 0.15) is 5.82 Å². The topological polar surface area (TPSA) is 91.8 Å². The molecule has 1 aliphatic rings. The van der Waals surface area contributed by atoms with Crippen molar-refractivity contribution in [3.63, 3.8) is 0 Å². The van der Waals surface area contributed by atoms with E-state index < -0.39 is 0 Å². The van der Waals surface area contributed by atoms with Gasteiger partial charge in [-0.05, 0) is 49.2 Å². The lowest BCUT2D eigenvalue weighted by Gasteiger charge is -2.15. The number of hydrogen-bond donors (Lipinski definition) is 3. The zero-order chi connectivity index (χ0) is 20.1. The van der Waals surface area contributed by atoms with Gasteiger partial charge in [0.15, 0.2) is 0 Å². The molecule has 2 aromatic heterocycles. The molecule has 1 saturated carbocycles. The first kappa shape index (κ1) is 18.9. The molecule has 7 nitrogen and oxygen atoms in total. The molecule has 3 aromatic rings. The van der Waals surface area contributed by atoms with E-state index in [1.165, 1.54) is 19.8 Å². The van der Waals surface area contributed by atoms with Gasteiger partial charge in [0, 0.05) is 48.4 Å². The van der Waals surface area contributed by atoms with E-state index in [9.17, 15) is 4.79 Å². The van der Waals surface area contributed by atoms with Gasteiger partial charge in [-0.1, -0.05) is 12.8 Å². The number of rotatable bonds is 6. The molecule has 148 valence electrons. The number of carbonyl (C=O) groups is 1. The number of hydrogen-bond acceptors (Lipinski definition) is 6. The summed E-state index contributed by atoms with van der Waals surface area (Å²) >= 11 is 0. The van der Waals surface area contributed by atoms with Gasteiger partial charge >= 0.3 is 0 Å². The summed E-state index contributed by atoms with van der Waals surface area (Å²) in [7, 11) is 0. The van der Waals surface area contributed by atoms with Crippen molar-refractivity contribution in [1.82, 2.24) is 15.0 Å². The Kier molecular flexibility index (Phi) is 5.65. The Morgan fingerprint density at radius 1 is 1.03 bits per heavy atom. The van der Waals surface area contributed by atoms with E-state index in [-0.39, 0.29) is 5.91 Å². The van der Waals surface area contributed by atoms with Gasteiger partial charge in [0.2, 0.25) is 11.9 Å². The van der Waals surface area contributed by atoms with Gasteiger partial charge < -0.3 is 16.0 Å². The minimum atomic E-state index is -0.0924. The van der Waals surface area contributed by atoms with Crippen molar-refractivity contribution in [2.45, 2.75) is 38.6 Å². The molecule has 0 saturated heterocycles. The molecular formula is C22H24N6O. The lowest BCUT2D eigenvalue weighted by atomic mass is 10.2. The minimum Gasteiger partial charge on any atom is -0.351 e. The predicted molar refractivity (Wildman–Crippen MR) is 115 cm³/mol. The first-order chi connectivity index (χ1) is 14.2. The summed E-state index contributed by atoms with van der Waals surface area (Å²) in [5.41, 5.74) is 3.38. The molecule has 1 aromatic carbocycles. The van der Waals surface area contributed by atoms with Crippen LogP contribution in [0.25, 0.3) is 11.3 Å². The minimum absolute atomic E-state index is 0.0924. The van der Waals surface area contributed by atoms with Gasteiger partial charge in [-0.25, -0.2) is 4.98 Å². The standard InChI is InChI=1S/C22H24N6O/c1-15(29)24-18-8-10-19(11-9-18)25-21-13-20(16-5-4-12-23-14-16)27-22(28-21)26-17-6-2-3-7-17/h4-5,8-14,17H,2-3,6-7H2,1H3,(H,24,29)(H2,25,26,27,28). The van der Waals surface area contributed by atoms with Crippen molar-refractivity contribution < 1.29 is 4.79 Å². The fourth-order valence-corrected chi connectivity index (χ4v) is 3.48. The van der Waals surface area contributed by atoms with Gasteiger partial charge in [-0.3, -0.25) is 9.78 Å². The van der Waals surface area contributed by atoms with Crippen molar-refractivity contribution in [1.29, 1.82) is 0 Å². The zero-order valence-electron chi connectivity index (χ0n) is 16.4. The van der Waals surface area contributed by atoms with Crippen LogP contribution in [0.5, 0.6) is 0 Å². The normalized spacial score (nSPS) is 13.8. The summed E-state index contributed by atoms with van der Waals surface area (Å²) in [6.07, 6.45) is 8.32. The number of benzene rings is 1. The van der Waals surface area contributed by atoms with E-state index in [4.69, 9.17) is 4.98 Å². The summed E-state index contributed by atoms with van der Waals surface area (Å²) in [5, 5.41) is 9.58. The van der Waals surface area contributed by atoms with Crippen LogP contribution in [0.4, 0.5) is 23.1 Å². The molecule has 3 N–H and O–H groups in total. The molecule has 1 fully saturated rings. The Morgan fingerprint density at radius 3 is 2.48 bits per heavy atom. The van der Waals surface area contributed by atoms with Gasteiger partial charge in [-0.15, -0.1) is 0 Å². The van der Waals surface area contributed by atoms with E-state index in [2.05, 4.69) is 25.9 Å². The first-order valence-electron chi connectivity index (χ1n) is 9.86. The average molecular weight is 388 g/mol. The third-order valence-electron chi connectivity index (χ3n) is 4.85. The van der Waals surface area contributed by atoms with Crippen LogP contribution >= 0.6 is 0 Å². The lowest BCUT2D eigenvalue weighted by Crippen LogP contribution is -2.17. The maximum Gasteiger partial charge on any atom is 0.225 e. The SMILES string of the molecule is CC(=O)Nc1ccc(Nc2cc(-c3cccnc3)nc(NC3CCCC3)n2)cc1. The van der Waals surface area contributed by atoms with Gasteiger partial charge in [-0.2, -0.15) is 4.98 Å². The Bertz CT molecular complexity index is 968. The highest BCUT2D eigenvalue weighted by molar-refractivity contribution is 5.88. The highest BCUT2D eigenvalue weighted by Crippen LogP contribution is 2.26. The number of nitrogens with one attached hydrogen (secondary N) is 3. The third-order valence-corrected chi connectivity index (χ3v) is 4.85. The maximum atomic E-state index is 11.2.